The van der Waals surface area contributed by atoms with Crippen molar-refractivity contribution in [2.24, 2.45) is 0 Å². The highest BCUT2D eigenvalue weighted by molar-refractivity contribution is 7.80. The summed E-state index contributed by atoms with van der Waals surface area (Å²) in [4.78, 5) is 4.22. The maximum atomic E-state index is 13.2. The zero-order valence-electron chi connectivity index (χ0n) is 12.5. The summed E-state index contributed by atoms with van der Waals surface area (Å²) >= 11 is 5.20. The number of nitrogens with one attached hydrogen (secondary N) is 2. The molecule has 4 nitrogen and oxygen atoms in total. The number of hydrogen-bond acceptors (Lipinski definition) is 3. The van der Waals surface area contributed by atoms with Crippen molar-refractivity contribution in [3.63, 3.8) is 0 Å². The average Bonchev–Trinajstić information content (AvgIpc) is 2.45. The monoisotopic (exact) mass is 319 g/mol. The summed E-state index contributed by atoms with van der Waals surface area (Å²) in [5.74, 6) is 0.796. The van der Waals surface area contributed by atoms with Gasteiger partial charge >= 0.3 is 0 Å². The Morgan fingerprint density at radius 1 is 1.32 bits per heavy atom. The minimum atomic E-state index is -0.284. The SMILES string of the molecule is CC(C)NC(=S)Nc1ncccc1OCc1cccc(F)c1. The Hall–Kier alpha value is -2.21. The van der Waals surface area contributed by atoms with Crippen molar-refractivity contribution in [3.05, 3.63) is 54.0 Å². The minimum Gasteiger partial charge on any atom is -0.485 e. The van der Waals surface area contributed by atoms with E-state index in [0.717, 1.165) is 5.56 Å². The van der Waals surface area contributed by atoms with Gasteiger partial charge in [-0.05, 0) is 55.9 Å². The van der Waals surface area contributed by atoms with Crippen LogP contribution in [0.5, 0.6) is 5.75 Å². The van der Waals surface area contributed by atoms with Crippen molar-refractivity contribution in [2.75, 3.05) is 5.32 Å². The fourth-order valence-electron chi connectivity index (χ4n) is 1.79. The van der Waals surface area contributed by atoms with E-state index in [0.29, 0.717) is 16.7 Å². The molecule has 1 aromatic carbocycles. The molecule has 2 rings (SSSR count). The number of rotatable bonds is 5. The zero-order chi connectivity index (χ0) is 15.9. The maximum Gasteiger partial charge on any atom is 0.174 e. The Labute approximate surface area is 134 Å². The molecule has 116 valence electrons. The predicted octanol–water partition coefficient (Wildman–Crippen LogP) is 3.49. The molecule has 0 aliphatic rings. The second-order valence-corrected chi connectivity index (χ2v) is 5.43. The van der Waals surface area contributed by atoms with Gasteiger partial charge in [-0.1, -0.05) is 12.1 Å². The second kappa shape index (κ2) is 7.70. The molecule has 0 spiro atoms. The molecule has 2 N–H and O–H groups in total. The first kappa shape index (κ1) is 16.2. The summed E-state index contributed by atoms with van der Waals surface area (Å²) < 4.78 is 18.9. The molecule has 6 heteroatoms. The molecule has 0 aliphatic carbocycles. The first-order chi connectivity index (χ1) is 10.5. The number of thiocarbonyl (C=S) groups is 1. The van der Waals surface area contributed by atoms with Gasteiger partial charge in [0.1, 0.15) is 12.4 Å². The van der Waals surface area contributed by atoms with E-state index in [1.807, 2.05) is 13.8 Å². The van der Waals surface area contributed by atoms with Crippen LogP contribution in [0.4, 0.5) is 10.2 Å². The number of hydrogen-bond donors (Lipinski definition) is 2. The van der Waals surface area contributed by atoms with Crippen LogP contribution in [-0.2, 0) is 6.61 Å². The molecule has 0 aliphatic heterocycles. The van der Waals surface area contributed by atoms with Gasteiger partial charge in [0.25, 0.3) is 0 Å². The molecule has 0 bridgehead atoms. The number of benzene rings is 1. The van der Waals surface area contributed by atoms with E-state index in [1.54, 1.807) is 30.5 Å². The third kappa shape index (κ3) is 4.96. The molecule has 0 saturated heterocycles. The molecular formula is C16H18FN3OS. The fraction of sp³-hybridized carbons (Fsp3) is 0.250. The van der Waals surface area contributed by atoms with Crippen molar-refractivity contribution in [1.29, 1.82) is 0 Å². The molecule has 1 heterocycles. The highest BCUT2D eigenvalue weighted by atomic mass is 32.1. The Morgan fingerprint density at radius 2 is 2.14 bits per heavy atom. The molecular weight excluding hydrogens is 301 g/mol. The van der Waals surface area contributed by atoms with Gasteiger partial charge in [0.15, 0.2) is 16.7 Å². The molecule has 0 unspecified atom stereocenters. The third-order valence-corrected chi connectivity index (χ3v) is 2.93. The van der Waals surface area contributed by atoms with E-state index in [4.69, 9.17) is 17.0 Å². The average molecular weight is 319 g/mol. The summed E-state index contributed by atoms with van der Waals surface area (Å²) in [5.41, 5.74) is 0.748. The quantitative estimate of drug-likeness (QED) is 0.826. The van der Waals surface area contributed by atoms with E-state index in [9.17, 15) is 4.39 Å². The van der Waals surface area contributed by atoms with Gasteiger partial charge in [0, 0.05) is 12.2 Å². The van der Waals surface area contributed by atoms with Crippen LogP contribution in [0.2, 0.25) is 0 Å². The van der Waals surface area contributed by atoms with Gasteiger partial charge in [0.05, 0.1) is 0 Å². The fourth-order valence-corrected chi connectivity index (χ4v) is 2.13. The van der Waals surface area contributed by atoms with E-state index < -0.39 is 0 Å². The smallest absolute Gasteiger partial charge is 0.174 e. The molecule has 0 atom stereocenters. The van der Waals surface area contributed by atoms with Crippen LogP contribution >= 0.6 is 12.2 Å². The number of ether oxygens (including phenoxy) is 1. The Bertz CT molecular complexity index is 649. The van der Waals surface area contributed by atoms with Gasteiger partial charge in [0.2, 0.25) is 0 Å². The molecule has 0 radical (unpaired) electrons. The Kier molecular flexibility index (Phi) is 5.66. The van der Waals surface area contributed by atoms with Crippen molar-refractivity contribution in [2.45, 2.75) is 26.5 Å². The van der Waals surface area contributed by atoms with E-state index in [1.165, 1.54) is 12.1 Å². The number of anilines is 1. The molecule has 0 amide bonds. The largest absolute Gasteiger partial charge is 0.485 e. The minimum absolute atomic E-state index is 0.223. The number of pyridine rings is 1. The first-order valence-electron chi connectivity index (χ1n) is 6.94. The van der Waals surface area contributed by atoms with Gasteiger partial charge < -0.3 is 15.4 Å². The molecule has 2 aromatic rings. The van der Waals surface area contributed by atoms with Gasteiger partial charge in [-0.25, -0.2) is 9.37 Å². The summed E-state index contributed by atoms with van der Waals surface area (Å²) in [6, 6.07) is 10.1. The number of halogens is 1. The van der Waals surface area contributed by atoms with Crippen LogP contribution in [0.15, 0.2) is 42.6 Å². The van der Waals surface area contributed by atoms with Crippen molar-refractivity contribution in [1.82, 2.24) is 10.3 Å². The second-order valence-electron chi connectivity index (χ2n) is 5.02. The van der Waals surface area contributed by atoms with Crippen LogP contribution in [-0.4, -0.2) is 16.1 Å². The van der Waals surface area contributed by atoms with Gasteiger partial charge in [-0.2, -0.15) is 0 Å². The van der Waals surface area contributed by atoms with Crippen molar-refractivity contribution < 1.29 is 9.13 Å². The van der Waals surface area contributed by atoms with E-state index >= 15 is 0 Å². The molecule has 22 heavy (non-hydrogen) atoms. The third-order valence-electron chi connectivity index (χ3n) is 2.71. The van der Waals surface area contributed by atoms with Crippen LogP contribution < -0.4 is 15.4 Å². The van der Waals surface area contributed by atoms with E-state index in [2.05, 4.69) is 15.6 Å². The van der Waals surface area contributed by atoms with Crippen LogP contribution in [0, 0.1) is 5.82 Å². The van der Waals surface area contributed by atoms with Crippen LogP contribution in [0.1, 0.15) is 19.4 Å². The molecule has 0 fully saturated rings. The summed E-state index contributed by atoms with van der Waals surface area (Å²) in [7, 11) is 0. The molecule has 0 saturated carbocycles. The first-order valence-corrected chi connectivity index (χ1v) is 7.35. The maximum absolute atomic E-state index is 13.2. The number of nitrogens with zero attached hydrogens (tertiary/aromatic N) is 1. The van der Waals surface area contributed by atoms with Gasteiger partial charge in [-0.3, -0.25) is 0 Å². The van der Waals surface area contributed by atoms with Crippen molar-refractivity contribution >= 4 is 23.1 Å². The lowest BCUT2D eigenvalue weighted by Crippen LogP contribution is -2.34. The lowest BCUT2D eigenvalue weighted by atomic mass is 10.2. The van der Waals surface area contributed by atoms with Crippen LogP contribution in [0.3, 0.4) is 0 Å². The zero-order valence-corrected chi connectivity index (χ0v) is 13.3. The Balaban J connectivity index is 2.03. The lowest BCUT2D eigenvalue weighted by molar-refractivity contribution is 0.306. The highest BCUT2D eigenvalue weighted by Gasteiger charge is 2.08. The normalized spacial score (nSPS) is 10.4. The van der Waals surface area contributed by atoms with Crippen LogP contribution in [0.25, 0.3) is 0 Å². The lowest BCUT2D eigenvalue weighted by Gasteiger charge is -2.15. The number of aromatic nitrogens is 1. The summed E-state index contributed by atoms with van der Waals surface area (Å²) in [6.07, 6.45) is 1.65. The standard InChI is InChI=1S/C16H18FN3OS/c1-11(2)19-16(22)20-15-14(7-4-8-18-15)21-10-12-5-3-6-13(17)9-12/h3-9,11H,10H2,1-2H3,(H2,18,19,20,22). The van der Waals surface area contributed by atoms with E-state index in [-0.39, 0.29) is 18.5 Å². The topological polar surface area (TPSA) is 46.2 Å². The summed E-state index contributed by atoms with van der Waals surface area (Å²) in [5, 5.41) is 6.55. The highest BCUT2D eigenvalue weighted by Crippen LogP contribution is 2.22. The van der Waals surface area contributed by atoms with Gasteiger partial charge in [-0.15, -0.1) is 0 Å². The molecule has 1 aromatic heterocycles. The van der Waals surface area contributed by atoms with Crippen molar-refractivity contribution in [3.8, 4) is 5.75 Å². The summed E-state index contributed by atoms with van der Waals surface area (Å²) in [6.45, 7) is 4.24. The Morgan fingerprint density at radius 3 is 2.86 bits per heavy atom. The predicted molar refractivity (Wildman–Crippen MR) is 89.5 cm³/mol.